The molecule has 0 aromatic rings. The lowest BCUT2D eigenvalue weighted by Crippen LogP contribution is -2.09. The molecule has 0 aliphatic carbocycles. The zero-order chi connectivity index (χ0) is 7.56. The van der Waals surface area contributed by atoms with E-state index in [9.17, 15) is 4.79 Å². The van der Waals surface area contributed by atoms with Crippen LogP contribution >= 0.6 is 0 Å². The van der Waals surface area contributed by atoms with E-state index in [1.165, 1.54) is 0 Å². The molecule has 1 rings (SSSR count). The number of Topliss-reactive ketones (excluding diaryl/α,β-unsaturated/α-hetero) is 1. The molecule has 2 nitrogen and oxygen atoms in total. The second-order valence-electron chi connectivity index (χ2n) is 3.20. The second kappa shape index (κ2) is 3.15. The number of hydrogen-bond acceptors (Lipinski definition) is 2. The normalized spacial score (nSPS) is 32.6. The summed E-state index contributed by atoms with van der Waals surface area (Å²) in [6.45, 7) is 4.60. The highest BCUT2D eigenvalue weighted by Gasteiger charge is 2.22. The average molecular weight is 142 g/mol. The van der Waals surface area contributed by atoms with Crippen molar-refractivity contribution in [1.29, 1.82) is 0 Å². The zero-order valence-corrected chi connectivity index (χ0v) is 6.59. The summed E-state index contributed by atoms with van der Waals surface area (Å²) in [5.74, 6) is 0.878. The number of rotatable bonds is 2. The summed E-state index contributed by atoms with van der Waals surface area (Å²) < 4.78 is 5.36. The van der Waals surface area contributed by atoms with E-state index in [1.54, 1.807) is 6.92 Å². The van der Waals surface area contributed by atoms with Crippen LogP contribution in [-0.2, 0) is 9.53 Å². The van der Waals surface area contributed by atoms with E-state index in [0.29, 0.717) is 12.3 Å². The molecule has 1 heterocycles. The van der Waals surface area contributed by atoms with Gasteiger partial charge in [-0.3, -0.25) is 4.79 Å². The molecule has 0 aromatic carbocycles. The Kier molecular flexibility index (Phi) is 2.44. The fourth-order valence-corrected chi connectivity index (χ4v) is 1.35. The SMILES string of the molecule is CC(=O)CC1CC(C)CO1. The van der Waals surface area contributed by atoms with Crippen LogP contribution in [0.15, 0.2) is 0 Å². The van der Waals surface area contributed by atoms with Gasteiger partial charge in [-0.1, -0.05) is 6.92 Å². The lowest BCUT2D eigenvalue weighted by molar-refractivity contribution is -0.119. The van der Waals surface area contributed by atoms with Crippen molar-refractivity contribution in [3.05, 3.63) is 0 Å². The molecule has 1 aliphatic rings. The molecular weight excluding hydrogens is 128 g/mol. The van der Waals surface area contributed by atoms with Gasteiger partial charge >= 0.3 is 0 Å². The summed E-state index contributed by atoms with van der Waals surface area (Å²) in [5, 5.41) is 0. The van der Waals surface area contributed by atoms with Crippen LogP contribution in [0.1, 0.15) is 26.7 Å². The summed E-state index contributed by atoms with van der Waals surface area (Å²) in [5.41, 5.74) is 0. The first-order valence-electron chi connectivity index (χ1n) is 3.79. The van der Waals surface area contributed by atoms with Crippen LogP contribution in [0.25, 0.3) is 0 Å². The average Bonchev–Trinajstić information content (AvgIpc) is 2.13. The van der Waals surface area contributed by atoms with E-state index in [2.05, 4.69) is 6.92 Å². The number of ketones is 1. The maximum Gasteiger partial charge on any atom is 0.132 e. The van der Waals surface area contributed by atoms with E-state index >= 15 is 0 Å². The van der Waals surface area contributed by atoms with Crippen molar-refractivity contribution in [2.75, 3.05) is 6.61 Å². The van der Waals surface area contributed by atoms with Gasteiger partial charge in [-0.25, -0.2) is 0 Å². The van der Waals surface area contributed by atoms with Crippen LogP contribution in [0.5, 0.6) is 0 Å². The van der Waals surface area contributed by atoms with Crippen molar-refractivity contribution in [3.63, 3.8) is 0 Å². The molecule has 0 aromatic heterocycles. The molecule has 0 spiro atoms. The summed E-state index contributed by atoms with van der Waals surface area (Å²) in [6.07, 6.45) is 1.87. The van der Waals surface area contributed by atoms with E-state index in [1.807, 2.05) is 0 Å². The van der Waals surface area contributed by atoms with Gasteiger partial charge in [0.2, 0.25) is 0 Å². The Hall–Kier alpha value is -0.370. The maximum absolute atomic E-state index is 10.6. The van der Waals surface area contributed by atoms with Gasteiger partial charge in [-0.05, 0) is 19.3 Å². The Labute approximate surface area is 61.6 Å². The molecule has 0 bridgehead atoms. The van der Waals surface area contributed by atoms with Crippen molar-refractivity contribution in [3.8, 4) is 0 Å². The second-order valence-corrected chi connectivity index (χ2v) is 3.20. The Morgan fingerprint density at radius 1 is 1.70 bits per heavy atom. The number of hydrogen-bond donors (Lipinski definition) is 0. The lowest BCUT2D eigenvalue weighted by atomic mass is 10.1. The van der Waals surface area contributed by atoms with E-state index in [-0.39, 0.29) is 11.9 Å². The van der Waals surface area contributed by atoms with Crippen LogP contribution in [0.2, 0.25) is 0 Å². The van der Waals surface area contributed by atoms with Crippen LogP contribution in [0, 0.1) is 5.92 Å². The predicted molar refractivity (Wildman–Crippen MR) is 38.8 cm³/mol. The fourth-order valence-electron chi connectivity index (χ4n) is 1.35. The van der Waals surface area contributed by atoms with Gasteiger partial charge in [0, 0.05) is 13.0 Å². The molecule has 0 saturated carbocycles. The molecular formula is C8H14O2. The van der Waals surface area contributed by atoms with Crippen LogP contribution < -0.4 is 0 Å². The minimum Gasteiger partial charge on any atom is -0.377 e. The predicted octanol–water partition coefficient (Wildman–Crippen LogP) is 1.39. The van der Waals surface area contributed by atoms with Gasteiger partial charge in [-0.15, -0.1) is 0 Å². The van der Waals surface area contributed by atoms with E-state index < -0.39 is 0 Å². The molecule has 58 valence electrons. The molecule has 0 radical (unpaired) electrons. The maximum atomic E-state index is 10.6. The lowest BCUT2D eigenvalue weighted by Gasteiger charge is -2.04. The van der Waals surface area contributed by atoms with Gasteiger partial charge in [0.15, 0.2) is 0 Å². The quantitative estimate of drug-likeness (QED) is 0.582. The van der Waals surface area contributed by atoms with Crippen molar-refractivity contribution in [2.45, 2.75) is 32.8 Å². The third-order valence-corrected chi connectivity index (χ3v) is 1.80. The van der Waals surface area contributed by atoms with Gasteiger partial charge in [0.05, 0.1) is 6.10 Å². The molecule has 1 aliphatic heterocycles. The highest BCUT2D eigenvalue weighted by Crippen LogP contribution is 2.20. The van der Waals surface area contributed by atoms with E-state index in [0.717, 1.165) is 13.0 Å². The number of carbonyl (C=O) groups excluding carboxylic acids is 1. The number of carbonyl (C=O) groups is 1. The number of ether oxygens (including phenoxy) is 1. The Balaban J connectivity index is 2.24. The summed E-state index contributed by atoms with van der Waals surface area (Å²) in [7, 11) is 0. The molecule has 10 heavy (non-hydrogen) atoms. The van der Waals surface area contributed by atoms with E-state index in [4.69, 9.17) is 4.74 Å². The zero-order valence-electron chi connectivity index (χ0n) is 6.59. The van der Waals surface area contributed by atoms with Crippen molar-refractivity contribution >= 4 is 5.78 Å². The summed E-state index contributed by atoms with van der Waals surface area (Å²) >= 11 is 0. The van der Waals surface area contributed by atoms with Crippen molar-refractivity contribution < 1.29 is 9.53 Å². The molecule has 0 N–H and O–H groups in total. The van der Waals surface area contributed by atoms with Gasteiger partial charge in [0.25, 0.3) is 0 Å². The van der Waals surface area contributed by atoms with Crippen molar-refractivity contribution in [2.24, 2.45) is 5.92 Å². The minimum atomic E-state index is 0.215. The van der Waals surface area contributed by atoms with Gasteiger partial charge < -0.3 is 4.74 Å². The van der Waals surface area contributed by atoms with Gasteiger partial charge in [0.1, 0.15) is 5.78 Å². The third kappa shape index (κ3) is 2.10. The molecule has 1 saturated heterocycles. The molecule has 2 unspecified atom stereocenters. The van der Waals surface area contributed by atoms with Gasteiger partial charge in [-0.2, -0.15) is 0 Å². The highest BCUT2D eigenvalue weighted by molar-refractivity contribution is 5.75. The minimum absolute atomic E-state index is 0.215. The Bertz CT molecular complexity index is 131. The van der Waals surface area contributed by atoms with Crippen molar-refractivity contribution in [1.82, 2.24) is 0 Å². The van der Waals surface area contributed by atoms with Crippen LogP contribution in [0.3, 0.4) is 0 Å². The first-order valence-corrected chi connectivity index (χ1v) is 3.79. The highest BCUT2D eigenvalue weighted by atomic mass is 16.5. The Morgan fingerprint density at radius 2 is 2.40 bits per heavy atom. The Morgan fingerprint density at radius 3 is 2.80 bits per heavy atom. The molecule has 2 atom stereocenters. The summed E-state index contributed by atoms with van der Waals surface area (Å²) in [4.78, 5) is 10.6. The van der Waals surface area contributed by atoms with Crippen LogP contribution in [-0.4, -0.2) is 18.5 Å². The molecule has 0 amide bonds. The molecule has 1 fully saturated rings. The summed E-state index contributed by atoms with van der Waals surface area (Å²) in [6, 6.07) is 0. The monoisotopic (exact) mass is 142 g/mol. The van der Waals surface area contributed by atoms with Crippen LogP contribution in [0.4, 0.5) is 0 Å². The first-order chi connectivity index (χ1) is 4.68. The third-order valence-electron chi connectivity index (χ3n) is 1.80. The molecule has 2 heteroatoms. The standard InChI is InChI=1S/C8H14O2/c1-6-3-8(10-5-6)4-7(2)9/h6,8H,3-5H2,1-2H3. The smallest absolute Gasteiger partial charge is 0.132 e. The largest absolute Gasteiger partial charge is 0.377 e. The fraction of sp³-hybridized carbons (Fsp3) is 0.875. The first kappa shape index (κ1) is 7.73. The topological polar surface area (TPSA) is 26.3 Å².